The number of hydrogen-bond acceptors (Lipinski definition) is 4. The van der Waals surface area contributed by atoms with Crippen LogP contribution in [-0.4, -0.2) is 30.2 Å². The summed E-state index contributed by atoms with van der Waals surface area (Å²) in [4.78, 5) is 14.6. The van der Waals surface area contributed by atoms with Gasteiger partial charge < -0.3 is 25.3 Å². The zero-order valence-corrected chi connectivity index (χ0v) is 14.4. The fourth-order valence-electron chi connectivity index (χ4n) is 2.88. The molecule has 25 heavy (non-hydrogen) atoms. The minimum absolute atomic E-state index is 0.269. The first kappa shape index (κ1) is 17.1. The van der Waals surface area contributed by atoms with Gasteiger partial charge in [-0.1, -0.05) is 23.7 Å². The number of primary amides is 1. The van der Waals surface area contributed by atoms with Crippen molar-refractivity contribution in [3.05, 3.63) is 47.1 Å². The number of nitrogens with one attached hydrogen (secondary N) is 1. The Morgan fingerprint density at radius 2 is 1.84 bits per heavy atom. The van der Waals surface area contributed by atoms with Crippen molar-refractivity contribution in [3.8, 4) is 22.6 Å². The number of amides is 1. The summed E-state index contributed by atoms with van der Waals surface area (Å²) < 4.78 is 10.8. The zero-order chi connectivity index (χ0) is 18.1. The molecule has 130 valence electrons. The van der Waals surface area contributed by atoms with Gasteiger partial charge in [0.1, 0.15) is 11.5 Å². The lowest BCUT2D eigenvalue weighted by Gasteiger charge is -2.16. The van der Waals surface area contributed by atoms with Gasteiger partial charge in [0.15, 0.2) is 6.10 Å². The fraction of sp³-hybridized carbons (Fsp3) is 0.167. The van der Waals surface area contributed by atoms with Crippen LogP contribution in [-0.2, 0) is 4.79 Å². The van der Waals surface area contributed by atoms with Gasteiger partial charge in [-0.2, -0.15) is 0 Å². The number of aliphatic hydroxyl groups excluding tert-OH is 1. The van der Waals surface area contributed by atoms with E-state index < -0.39 is 12.0 Å². The first-order chi connectivity index (χ1) is 12.0. The molecule has 7 heteroatoms. The molecule has 0 fully saturated rings. The number of ether oxygens (including phenoxy) is 2. The van der Waals surface area contributed by atoms with Crippen molar-refractivity contribution in [3.63, 3.8) is 0 Å². The van der Waals surface area contributed by atoms with Crippen LogP contribution in [0.25, 0.3) is 22.0 Å². The Morgan fingerprint density at radius 1 is 1.20 bits per heavy atom. The summed E-state index contributed by atoms with van der Waals surface area (Å²) in [5.74, 6) is -0.0222. The Morgan fingerprint density at radius 3 is 2.40 bits per heavy atom. The number of methoxy groups -OCH3 is 2. The predicted molar refractivity (Wildman–Crippen MR) is 96.0 cm³/mol. The second-order valence-electron chi connectivity index (χ2n) is 5.46. The zero-order valence-electron chi connectivity index (χ0n) is 13.7. The largest absolute Gasteiger partial charge is 0.496 e. The van der Waals surface area contributed by atoms with Gasteiger partial charge in [0.05, 0.1) is 25.3 Å². The number of fused-ring (bicyclic) bond motifs is 1. The van der Waals surface area contributed by atoms with Gasteiger partial charge in [-0.05, 0) is 17.7 Å². The second kappa shape index (κ2) is 6.66. The molecule has 6 nitrogen and oxygen atoms in total. The van der Waals surface area contributed by atoms with Crippen molar-refractivity contribution >= 4 is 28.4 Å². The number of carbonyl (C=O) groups is 1. The Kier molecular flexibility index (Phi) is 4.57. The molecule has 3 rings (SSSR count). The van der Waals surface area contributed by atoms with E-state index in [1.807, 2.05) is 12.1 Å². The number of aliphatic hydroxyl groups is 1. The highest BCUT2D eigenvalue weighted by Gasteiger charge is 2.26. The average Bonchev–Trinajstić information content (AvgIpc) is 3.05. The highest BCUT2D eigenvalue weighted by Crippen LogP contribution is 2.43. The molecular weight excluding hydrogens is 344 g/mol. The van der Waals surface area contributed by atoms with E-state index in [4.69, 9.17) is 26.8 Å². The van der Waals surface area contributed by atoms with E-state index in [9.17, 15) is 9.90 Å². The third-order valence-corrected chi connectivity index (χ3v) is 4.31. The molecule has 4 N–H and O–H groups in total. The summed E-state index contributed by atoms with van der Waals surface area (Å²) in [5.41, 5.74) is 7.81. The molecule has 0 aliphatic heterocycles. The molecule has 1 atom stereocenters. The van der Waals surface area contributed by atoms with Crippen molar-refractivity contribution in [2.24, 2.45) is 5.73 Å². The van der Waals surface area contributed by atoms with Crippen molar-refractivity contribution in [2.75, 3.05) is 14.2 Å². The molecule has 0 saturated carbocycles. The van der Waals surface area contributed by atoms with Crippen molar-refractivity contribution in [1.82, 2.24) is 4.98 Å². The minimum Gasteiger partial charge on any atom is -0.496 e. The van der Waals surface area contributed by atoms with Gasteiger partial charge in [-0.3, -0.25) is 4.79 Å². The third kappa shape index (κ3) is 2.90. The Hall–Kier alpha value is -2.70. The molecule has 0 saturated heterocycles. The van der Waals surface area contributed by atoms with Crippen LogP contribution in [0.4, 0.5) is 0 Å². The summed E-state index contributed by atoms with van der Waals surface area (Å²) in [6, 6.07) is 8.93. The molecule has 1 heterocycles. The van der Waals surface area contributed by atoms with E-state index in [0.717, 1.165) is 11.1 Å². The summed E-state index contributed by atoms with van der Waals surface area (Å²) in [6.45, 7) is 0. The fourth-order valence-corrected chi connectivity index (χ4v) is 3.01. The van der Waals surface area contributed by atoms with Gasteiger partial charge in [0, 0.05) is 28.2 Å². The van der Waals surface area contributed by atoms with Crippen LogP contribution in [0.5, 0.6) is 11.5 Å². The Balaban J connectivity index is 2.34. The topological polar surface area (TPSA) is 97.6 Å². The molecule has 2 aromatic carbocycles. The van der Waals surface area contributed by atoms with Crippen LogP contribution in [0, 0.1) is 0 Å². The lowest BCUT2D eigenvalue weighted by molar-refractivity contribution is -0.126. The van der Waals surface area contributed by atoms with Crippen LogP contribution >= 0.6 is 11.6 Å². The number of halogens is 1. The van der Waals surface area contributed by atoms with Gasteiger partial charge >= 0.3 is 0 Å². The SMILES string of the molecule is COc1cc(OC)c2c(-c3ccc(Cl)cc3)c[nH]c2c1C(O)C(N)=O. The molecule has 1 amide bonds. The summed E-state index contributed by atoms with van der Waals surface area (Å²) in [5, 5.41) is 11.6. The maximum Gasteiger partial charge on any atom is 0.251 e. The first-order valence-corrected chi connectivity index (χ1v) is 7.85. The molecule has 0 radical (unpaired) electrons. The monoisotopic (exact) mass is 360 g/mol. The van der Waals surface area contributed by atoms with Gasteiger partial charge in [-0.25, -0.2) is 0 Å². The molecule has 0 bridgehead atoms. The number of H-pyrrole nitrogens is 1. The average molecular weight is 361 g/mol. The van der Waals surface area contributed by atoms with Crippen molar-refractivity contribution < 1.29 is 19.4 Å². The number of carbonyl (C=O) groups excluding carboxylic acids is 1. The number of aromatic nitrogens is 1. The van der Waals surface area contributed by atoms with E-state index in [1.165, 1.54) is 14.2 Å². The molecular formula is C18H17ClN2O4. The van der Waals surface area contributed by atoms with E-state index in [1.54, 1.807) is 24.4 Å². The highest BCUT2D eigenvalue weighted by atomic mass is 35.5. The molecule has 3 aromatic rings. The lowest BCUT2D eigenvalue weighted by Crippen LogP contribution is -2.21. The predicted octanol–water partition coefficient (Wildman–Crippen LogP) is 3.02. The maximum absolute atomic E-state index is 11.5. The lowest BCUT2D eigenvalue weighted by atomic mass is 9.98. The van der Waals surface area contributed by atoms with Crippen LogP contribution in [0.2, 0.25) is 5.02 Å². The third-order valence-electron chi connectivity index (χ3n) is 4.06. The van der Waals surface area contributed by atoms with E-state index in [0.29, 0.717) is 27.4 Å². The number of rotatable bonds is 5. The van der Waals surface area contributed by atoms with Crippen molar-refractivity contribution in [1.29, 1.82) is 0 Å². The normalized spacial score (nSPS) is 12.2. The number of hydrogen-bond donors (Lipinski definition) is 3. The summed E-state index contributed by atoms with van der Waals surface area (Å²) >= 11 is 5.96. The number of nitrogens with two attached hydrogens (primary N) is 1. The molecule has 0 aliphatic rings. The van der Waals surface area contributed by atoms with Crippen LogP contribution in [0.3, 0.4) is 0 Å². The van der Waals surface area contributed by atoms with Gasteiger partial charge in [-0.15, -0.1) is 0 Å². The second-order valence-corrected chi connectivity index (χ2v) is 5.90. The van der Waals surface area contributed by atoms with E-state index >= 15 is 0 Å². The number of aromatic amines is 1. The number of benzene rings is 2. The Labute approximate surface area is 149 Å². The van der Waals surface area contributed by atoms with Crippen LogP contribution < -0.4 is 15.2 Å². The molecule has 0 aliphatic carbocycles. The Bertz CT molecular complexity index is 934. The first-order valence-electron chi connectivity index (χ1n) is 7.47. The van der Waals surface area contributed by atoms with Crippen LogP contribution in [0.1, 0.15) is 11.7 Å². The standard InChI is InChI=1S/C18H17ClN2O4/c1-24-12-7-13(25-2)15(17(22)18(20)23)16-14(12)11(8-21-16)9-3-5-10(19)6-4-9/h3-8,17,21-22H,1-2H3,(H2,20,23). The molecule has 0 spiro atoms. The smallest absolute Gasteiger partial charge is 0.251 e. The van der Waals surface area contributed by atoms with E-state index in [-0.39, 0.29) is 5.56 Å². The minimum atomic E-state index is -1.51. The molecule has 1 unspecified atom stereocenters. The van der Waals surface area contributed by atoms with Gasteiger partial charge in [0.25, 0.3) is 5.91 Å². The quantitative estimate of drug-likeness (QED) is 0.651. The summed E-state index contributed by atoms with van der Waals surface area (Å²) in [6.07, 6.45) is 0.257. The van der Waals surface area contributed by atoms with Crippen LogP contribution in [0.15, 0.2) is 36.5 Å². The maximum atomic E-state index is 11.5. The summed E-state index contributed by atoms with van der Waals surface area (Å²) in [7, 11) is 2.98. The molecule has 1 aromatic heterocycles. The van der Waals surface area contributed by atoms with Gasteiger partial charge in [0.2, 0.25) is 0 Å². The highest BCUT2D eigenvalue weighted by molar-refractivity contribution is 6.30. The van der Waals surface area contributed by atoms with E-state index in [2.05, 4.69) is 4.98 Å². The van der Waals surface area contributed by atoms with Crippen molar-refractivity contribution in [2.45, 2.75) is 6.10 Å².